The molecule has 2 aromatic rings. The minimum absolute atomic E-state index is 0.185. The topological polar surface area (TPSA) is 75.7 Å². The highest BCUT2D eigenvalue weighted by Gasteiger charge is 2.22. The Bertz CT molecular complexity index is 881. The van der Waals surface area contributed by atoms with Crippen molar-refractivity contribution in [1.29, 1.82) is 0 Å². The average Bonchev–Trinajstić information content (AvgIpc) is 2.64. The van der Waals surface area contributed by atoms with E-state index in [-0.39, 0.29) is 10.8 Å². The monoisotopic (exact) mass is 410 g/mol. The lowest BCUT2D eigenvalue weighted by atomic mass is 10.3. The van der Waals surface area contributed by atoms with Crippen LogP contribution in [0.25, 0.3) is 0 Å². The van der Waals surface area contributed by atoms with E-state index in [1.54, 1.807) is 57.2 Å². The zero-order chi connectivity index (χ0) is 20.0. The van der Waals surface area contributed by atoms with Gasteiger partial charge in [-0.3, -0.25) is 4.79 Å². The van der Waals surface area contributed by atoms with Crippen LogP contribution >= 0.6 is 11.6 Å². The number of benzene rings is 2. The molecule has 0 spiro atoms. The van der Waals surface area contributed by atoms with Crippen molar-refractivity contribution in [3.8, 4) is 5.75 Å². The van der Waals surface area contributed by atoms with Crippen molar-refractivity contribution in [1.82, 2.24) is 4.31 Å². The number of carbonyl (C=O) groups is 1. The summed E-state index contributed by atoms with van der Waals surface area (Å²) >= 11 is 6.03. The fourth-order valence-electron chi connectivity index (χ4n) is 2.45. The van der Waals surface area contributed by atoms with Crippen LogP contribution in [0, 0.1) is 0 Å². The standard InChI is InChI=1S/C19H23ClN2O4S/c1-4-22(5-2)27(24,25)16-12-10-15(11-13-16)21-19(23)14(3)26-18-9-7-6-8-17(18)20/h6-14H,4-5H2,1-3H3,(H,21,23)/t14-/m0/s1. The van der Waals surface area contributed by atoms with Gasteiger partial charge in [0, 0.05) is 18.8 Å². The number of rotatable bonds is 8. The first-order valence-corrected chi connectivity index (χ1v) is 10.4. The van der Waals surface area contributed by atoms with Crippen LogP contribution in [-0.2, 0) is 14.8 Å². The normalized spacial score (nSPS) is 12.6. The van der Waals surface area contributed by atoms with Crippen molar-refractivity contribution >= 4 is 33.2 Å². The zero-order valence-corrected chi connectivity index (χ0v) is 17.0. The van der Waals surface area contributed by atoms with Gasteiger partial charge in [0.25, 0.3) is 5.91 Å². The zero-order valence-electron chi connectivity index (χ0n) is 15.5. The molecule has 0 bridgehead atoms. The Kier molecular flexibility index (Phi) is 7.24. The van der Waals surface area contributed by atoms with Crippen molar-refractivity contribution in [2.75, 3.05) is 18.4 Å². The maximum absolute atomic E-state index is 12.5. The molecule has 0 aliphatic rings. The van der Waals surface area contributed by atoms with Crippen LogP contribution in [0.1, 0.15) is 20.8 Å². The maximum Gasteiger partial charge on any atom is 0.265 e. The summed E-state index contributed by atoms with van der Waals surface area (Å²) in [5, 5.41) is 3.12. The summed E-state index contributed by atoms with van der Waals surface area (Å²) in [7, 11) is -3.53. The highest BCUT2D eigenvalue weighted by atomic mass is 35.5. The Balaban J connectivity index is 2.05. The molecule has 8 heteroatoms. The Morgan fingerprint density at radius 2 is 1.70 bits per heavy atom. The lowest BCUT2D eigenvalue weighted by molar-refractivity contribution is -0.122. The molecule has 0 saturated heterocycles. The Morgan fingerprint density at radius 3 is 2.26 bits per heavy atom. The van der Waals surface area contributed by atoms with Crippen molar-refractivity contribution in [2.45, 2.75) is 31.8 Å². The second kappa shape index (κ2) is 9.21. The fraction of sp³-hybridized carbons (Fsp3) is 0.316. The predicted molar refractivity (Wildman–Crippen MR) is 107 cm³/mol. The molecule has 0 unspecified atom stereocenters. The van der Waals surface area contributed by atoms with Gasteiger partial charge >= 0.3 is 0 Å². The number of para-hydroxylation sites is 1. The molecule has 6 nitrogen and oxygen atoms in total. The molecule has 146 valence electrons. The maximum atomic E-state index is 12.5. The van der Waals surface area contributed by atoms with Crippen LogP contribution in [0.2, 0.25) is 5.02 Å². The van der Waals surface area contributed by atoms with Gasteiger partial charge in [-0.15, -0.1) is 0 Å². The molecule has 0 heterocycles. The minimum atomic E-state index is -3.53. The molecule has 1 N–H and O–H groups in total. The molecular weight excluding hydrogens is 388 g/mol. The number of halogens is 1. The lowest BCUT2D eigenvalue weighted by Crippen LogP contribution is -2.31. The minimum Gasteiger partial charge on any atom is -0.479 e. The molecule has 27 heavy (non-hydrogen) atoms. The number of anilines is 1. The smallest absolute Gasteiger partial charge is 0.265 e. The highest BCUT2D eigenvalue weighted by Crippen LogP contribution is 2.24. The number of nitrogens with zero attached hydrogens (tertiary/aromatic N) is 1. The van der Waals surface area contributed by atoms with Crippen LogP contribution in [0.3, 0.4) is 0 Å². The Morgan fingerprint density at radius 1 is 1.11 bits per heavy atom. The van der Waals surface area contributed by atoms with E-state index in [0.717, 1.165) is 0 Å². The first-order valence-electron chi connectivity index (χ1n) is 8.61. The molecule has 0 fully saturated rings. The molecule has 0 aliphatic heterocycles. The van der Waals surface area contributed by atoms with Crippen LogP contribution in [-0.4, -0.2) is 37.8 Å². The number of hydrogen-bond acceptors (Lipinski definition) is 4. The Labute approximate surface area is 165 Å². The van der Waals surface area contributed by atoms with Crippen molar-refractivity contribution in [2.24, 2.45) is 0 Å². The summed E-state index contributed by atoms with van der Waals surface area (Å²) in [5.74, 6) is 0.0525. The molecular formula is C19H23ClN2O4S. The second-order valence-electron chi connectivity index (χ2n) is 5.79. The lowest BCUT2D eigenvalue weighted by Gasteiger charge is -2.19. The molecule has 2 rings (SSSR count). The van der Waals surface area contributed by atoms with E-state index in [2.05, 4.69) is 5.32 Å². The number of ether oxygens (including phenoxy) is 1. The van der Waals surface area contributed by atoms with E-state index in [0.29, 0.717) is 29.5 Å². The van der Waals surface area contributed by atoms with E-state index in [4.69, 9.17) is 16.3 Å². The van der Waals surface area contributed by atoms with E-state index in [1.165, 1.54) is 16.4 Å². The number of carbonyl (C=O) groups excluding carboxylic acids is 1. The number of nitrogens with one attached hydrogen (secondary N) is 1. The van der Waals surface area contributed by atoms with Crippen molar-refractivity contribution in [3.05, 3.63) is 53.6 Å². The van der Waals surface area contributed by atoms with E-state index >= 15 is 0 Å². The van der Waals surface area contributed by atoms with Gasteiger partial charge in [0.15, 0.2) is 6.10 Å². The summed E-state index contributed by atoms with van der Waals surface area (Å²) in [6.07, 6.45) is -0.774. The van der Waals surface area contributed by atoms with Gasteiger partial charge in [-0.1, -0.05) is 37.6 Å². The van der Waals surface area contributed by atoms with Gasteiger partial charge in [-0.05, 0) is 43.3 Å². The van der Waals surface area contributed by atoms with Crippen LogP contribution in [0.15, 0.2) is 53.4 Å². The van der Waals surface area contributed by atoms with E-state index in [9.17, 15) is 13.2 Å². The van der Waals surface area contributed by atoms with E-state index < -0.39 is 16.1 Å². The molecule has 0 radical (unpaired) electrons. The SMILES string of the molecule is CCN(CC)S(=O)(=O)c1ccc(NC(=O)[C@H](C)Oc2ccccc2Cl)cc1. The number of hydrogen-bond donors (Lipinski definition) is 1. The van der Waals surface area contributed by atoms with Gasteiger partial charge in [0.1, 0.15) is 5.75 Å². The highest BCUT2D eigenvalue weighted by molar-refractivity contribution is 7.89. The quantitative estimate of drug-likeness (QED) is 0.718. The summed E-state index contributed by atoms with van der Waals surface area (Å²) in [6, 6.07) is 12.9. The Hall–Kier alpha value is -2.09. The van der Waals surface area contributed by atoms with Gasteiger partial charge < -0.3 is 10.1 Å². The van der Waals surface area contributed by atoms with Crippen molar-refractivity contribution in [3.63, 3.8) is 0 Å². The summed E-state index contributed by atoms with van der Waals surface area (Å²) in [5.41, 5.74) is 0.480. The number of sulfonamides is 1. The second-order valence-corrected chi connectivity index (χ2v) is 8.14. The van der Waals surface area contributed by atoms with Gasteiger partial charge in [0.05, 0.1) is 9.92 Å². The average molecular weight is 411 g/mol. The largest absolute Gasteiger partial charge is 0.479 e. The molecule has 2 aromatic carbocycles. The van der Waals surface area contributed by atoms with E-state index in [1.807, 2.05) is 0 Å². The molecule has 0 aromatic heterocycles. The summed E-state index contributed by atoms with van der Waals surface area (Å²) in [6.45, 7) is 5.98. The van der Waals surface area contributed by atoms with Gasteiger partial charge in [-0.2, -0.15) is 4.31 Å². The summed E-state index contributed by atoms with van der Waals surface area (Å²) in [4.78, 5) is 12.5. The van der Waals surface area contributed by atoms with Crippen molar-refractivity contribution < 1.29 is 17.9 Å². The predicted octanol–water partition coefficient (Wildman–Crippen LogP) is 3.78. The summed E-state index contributed by atoms with van der Waals surface area (Å²) < 4.78 is 31.9. The number of amides is 1. The van der Waals surface area contributed by atoms with Crippen LogP contribution in [0.5, 0.6) is 5.75 Å². The van der Waals surface area contributed by atoms with Gasteiger partial charge in [-0.25, -0.2) is 8.42 Å². The molecule has 1 atom stereocenters. The van der Waals surface area contributed by atoms with Crippen LogP contribution in [0.4, 0.5) is 5.69 Å². The third-order valence-electron chi connectivity index (χ3n) is 3.97. The third kappa shape index (κ3) is 5.22. The first kappa shape index (κ1) is 21.2. The third-order valence-corrected chi connectivity index (χ3v) is 6.35. The first-order chi connectivity index (χ1) is 12.8. The van der Waals surface area contributed by atoms with Gasteiger partial charge in [0.2, 0.25) is 10.0 Å². The fourth-order valence-corrected chi connectivity index (χ4v) is 4.09. The molecule has 0 saturated carbocycles. The van der Waals surface area contributed by atoms with Crippen LogP contribution < -0.4 is 10.1 Å². The molecule has 0 aliphatic carbocycles. The molecule has 1 amide bonds.